The number of aliphatic hydroxyl groups is 1. The lowest BCUT2D eigenvalue weighted by atomic mass is 10.1. The van der Waals surface area contributed by atoms with Crippen LogP contribution in [0.15, 0.2) is 18.3 Å². The van der Waals surface area contributed by atoms with Gasteiger partial charge >= 0.3 is 0 Å². The zero-order chi connectivity index (χ0) is 24.6. The Bertz CT molecular complexity index is 1180. The molecule has 3 heterocycles. The molecule has 1 aliphatic rings. The quantitative estimate of drug-likeness (QED) is 0.456. The van der Waals surface area contributed by atoms with Gasteiger partial charge in [0, 0.05) is 24.6 Å². The van der Waals surface area contributed by atoms with E-state index in [-0.39, 0.29) is 53.1 Å². The van der Waals surface area contributed by atoms with Crippen molar-refractivity contribution >= 4 is 28.6 Å². The summed E-state index contributed by atoms with van der Waals surface area (Å²) in [5.74, 6) is -0.131. The molecule has 8 nitrogen and oxygen atoms in total. The number of anilines is 1. The smallest absolute Gasteiger partial charge is 0.253 e. The Kier molecular flexibility index (Phi) is 7.27. The van der Waals surface area contributed by atoms with Crippen molar-refractivity contribution < 1.29 is 23.0 Å². The Morgan fingerprint density at radius 1 is 1.32 bits per heavy atom. The van der Waals surface area contributed by atoms with E-state index in [1.54, 1.807) is 10.6 Å². The highest BCUT2D eigenvalue weighted by atomic mass is 35.5. The molecule has 34 heavy (non-hydrogen) atoms. The van der Waals surface area contributed by atoms with Crippen LogP contribution in [0.25, 0.3) is 22.3 Å². The molecule has 3 atom stereocenters. The van der Waals surface area contributed by atoms with Gasteiger partial charge in [-0.1, -0.05) is 11.6 Å². The Morgan fingerprint density at radius 2 is 2.09 bits per heavy atom. The molecule has 0 amide bonds. The van der Waals surface area contributed by atoms with E-state index in [0.717, 1.165) is 0 Å². The van der Waals surface area contributed by atoms with E-state index < -0.39 is 24.4 Å². The van der Waals surface area contributed by atoms with Crippen LogP contribution in [-0.2, 0) is 11.2 Å². The van der Waals surface area contributed by atoms with Crippen molar-refractivity contribution in [3.63, 3.8) is 0 Å². The molecule has 1 aliphatic heterocycles. The lowest BCUT2D eigenvalue weighted by Crippen LogP contribution is -2.42. The molecule has 2 aromatic heterocycles. The molecule has 1 unspecified atom stereocenters. The number of nitrogens with zero attached hydrogens (tertiary/aromatic N) is 4. The number of halogens is 4. The van der Waals surface area contributed by atoms with Crippen LogP contribution in [0.3, 0.4) is 0 Å². The van der Waals surface area contributed by atoms with Crippen molar-refractivity contribution in [2.24, 2.45) is 5.73 Å². The average Bonchev–Trinajstić information content (AvgIpc) is 3.15. The molecule has 1 saturated heterocycles. The highest BCUT2D eigenvalue weighted by molar-refractivity contribution is 6.33. The third kappa shape index (κ3) is 4.97. The highest BCUT2D eigenvalue weighted by Crippen LogP contribution is 2.33. The van der Waals surface area contributed by atoms with Crippen LogP contribution in [-0.4, -0.2) is 62.5 Å². The van der Waals surface area contributed by atoms with Crippen molar-refractivity contribution in [1.82, 2.24) is 19.5 Å². The molecule has 184 valence electrons. The Morgan fingerprint density at radius 3 is 2.76 bits per heavy atom. The van der Waals surface area contributed by atoms with E-state index in [0.29, 0.717) is 24.1 Å². The second-order valence-corrected chi connectivity index (χ2v) is 9.00. The first-order valence-electron chi connectivity index (χ1n) is 10.9. The van der Waals surface area contributed by atoms with Crippen LogP contribution >= 0.6 is 11.6 Å². The minimum atomic E-state index is -2.72. The number of aliphatic hydroxyl groups excluding tert-OH is 1. The van der Waals surface area contributed by atoms with E-state index in [2.05, 4.69) is 20.3 Å². The SMILES string of the molecule is CC(C)n1c(CC(N)C(F)F)nc2c(F)cc(-c3nc(N[C@@H]4CCOC[C@H]4O)ncc3Cl)cc21. The van der Waals surface area contributed by atoms with Crippen LogP contribution in [0.4, 0.5) is 19.1 Å². The fourth-order valence-electron chi connectivity index (χ4n) is 4.05. The van der Waals surface area contributed by atoms with Gasteiger partial charge in [-0.05, 0) is 32.4 Å². The molecule has 0 aliphatic carbocycles. The summed E-state index contributed by atoms with van der Waals surface area (Å²) in [7, 11) is 0. The van der Waals surface area contributed by atoms with Crippen molar-refractivity contribution in [2.45, 2.75) is 57.3 Å². The van der Waals surface area contributed by atoms with Gasteiger partial charge in [-0.2, -0.15) is 0 Å². The minimum absolute atomic E-state index is 0.0581. The van der Waals surface area contributed by atoms with Crippen LogP contribution in [0.2, 0.25) is 5.02 Å². The fourth-order valence-corrected chi connectivity index (χ4v) is 4.25. The van der Waals surface area contributed by atoms with Crippen molar-refractivity contribution in [3.05, 3.63) is 35.0 Å². The largest absolute Gasteiger partial charge is 0.389 e. The summed E-state index contributed by atoms with van der Waals surface area (Å²) < 4.78 is 48.2. The molecule has 0 radical (unpaired) electrons. The van der Waals surface area contributed by atoms with Crippen LogP contribution in [0.5, 0.6) is 0 Å². The summed E-state index contributed by atoms with van der Waals surface area (Å²) in [6, 6.07) is 1.02. The average molecular weight is 499 g/mol. The molecule has 1 aromatic carbocycles. The number of ether oxygens (including phenoxy) is 1. The van der Waals surface area contributed by atoms with E-state index in [9.17, 15) is 13.9 Å². The number of aromatic nitrogens is 4. The summed E-state index contributed by atoms with van der Waals surface area (Å²) in [6.07, 6.45) is -1.67. The van der Waals surface area contributed by atoms with Gasteiger partial charge in [-0.15, -0.1) is 0 Å². The number of alkyl halides is 2. The molecule has 0 spiro atoms. The number of hydrogen-bond donors (Lipinski definition) is 3. The zero-order valence-corrected chi connectivity index (χ0v) is 19.4. The van der Waals surface area contributed by atoms with Crippen LogP contribution in [0.1, 0.15) is 32.1 Å². The third-order valence-electron chi connectivity index (χ3n) is 5.74. The normalized spacial score (nSPS) is 19.8. The first kappa shape index (κ1) is 24.6. The van der Waals surface area contributed by atoms with Crippen molar-refractivity contribution in [2.75, 3.05) is 18.5 Å². The lowest BCUT2D eigenvalue weighted by molar-refractivity contribution is -0.0136. The minimum Gasteiger partial charge on any atom is -0.389 e. The van der Waals surface area contributed by atoms with Crippen LogP contribution in [0, 0.1) is 5.82 Å². The predicted octanol–water partition coefficient (Wildman–Crippen LogP) is 3.56. The molecule has 4 N–H and O–H groups in total. The number of imidazole rings is 1. The molecule has 3 aromatic rings. The second-order valence-electron chi connectivity index (χ2n) is 8.59. The van der Waals surface area contributed by atoms with Gasteiger partial charge in [0.15, 0.2) is 5.82 Å². The number of benzene rings is 1. The summed E-state index contributed by atoms with van der Waals surface area (Å²) in [4.78, 5) is 12.9. The van der Waals surface area contributed by atoms with Crippen molar-refractivity contribution in [1.29, 1.82) is 0 Å². The van der Waals surface area contributed by atoms with Gasteiger partial charge in [0.05, 0.1) is 47.2 Å². The number of nitrogens with one attached hydrogen (secondary N) is 1. The van der Waals surface area contributed by atoms with E-state index >= 15 is 4.39 Å². The molecular weight excluding hydrogens is 473 g/mol. The Labute approximate surface area is 199 Å². The summed E-state index contributed by atoms with van der Waals surface area (Å²) >= 11 is 6.35. The van der Waals surface area contributed by atoms with E-state index in [1.807, 2.05) is 13.8 Å². The maximum atomic E-state index is 15.1. The second kappa shape index (κ2) is 10.0. The number of rotatable bonds is 7. The maximum Gasteiger partial charge on any atom is 0.253 e. The Balaban J connectivity index is 1.75. The number of fused-ring (bicyclic) bond motifs is 1. The molecule has 0 bridgehead atoms. The molecule has 1 fully saturated rings. The van der Waals surface area contributed by atoms with Gasteiger partial charge in [0.2, 0.25) is 5.95 Å². The molecule has 0 saturated carbocycles. The highest BCUT2D eigenvalue weighted by Gasteiger charge is 2.26. The van der Waals surface area contributed by atoms with Gasteiger partial charge in [0.25, 0.3) is 6.43 Å². The lowest BCUT2D eigenvalue weighted by Gasteiger charge is -2.28. The predicted molar refractivity (Wildman–Crippen MR) is 123 cm³/mol. The summed E-state index contributed by atoms with van der Waals surface area (Å²) in [6.45, 7) is 4.40. The summed E-state index contributed by atoms with van der Waals surface area (Å²) in [5, 5.41) is 13.4. The topological polar surface area (TPSA) is 111 Å². The van der Waals surface area contributed by atoms with Gasteiger partial charge < -0.3 is 25.5 Å². The summed E-state index contributed by atoms with van der Waals surface area (Å²) in [5.41, 5.74) is 6.69. The first-order chi connectivity index (χ1) is 16.2. The van der Waals surface area contributed by atoms with Crippen molar-refractivity contribution in [3.8, 4) is 11.3 Å². The number of hydrogen-bond acceptors (Lipinski definition) is 7. The monoisotopic (exact) mass is 498 g/mol. The molecule has 4 rings (SSSR count). The van der Waals surface area contributed by atoms with Gasteiger partial charge in [-0.3, -0.25) is 0 Å². The maximum absolute atomic E-state index is 15.1. The van der Waals surface area contributed by atoms with Crippen LogP contribution < -0.4 is 11.1 Å². The molecular formula is C22H26ClF3N6O2. The number of nitrogens with two attached hydrogens (primary N) is 1. The van der Waals surface area contributed by atoms with E-state index in [1.165, 1.54) is 12.3 Å². The standard InChI is InChI=1S/C22H26ClF3N6O2/c1-10(2)32-16-6-11(5-13(24)20(16)30-18(32)7-14(27)21(25)26)19-12(23)8-28-22(31-19)29-15-3-4-34-9-17(15)33/h5-6,8,10,14-15,17,21,33H,3-4,7,9,27H2,1-2H3,(H,28,29,31)/t14?,15-,17-/m1/s1. The molecule has 12 heteroatoms. The first-order valence-corrected chi connectivity index (χ1v) is 11.3. The third-order valence-corrected chi connectivity index (χ3v) is 6.01. The fraction of sp³-hybridized carbons (Fsp3) is 0.500. The van der Waals surface area contributed by atoms with Gasteiger partial charge in [-0.25, -0.2) is 28.1 Å². The van der Waals surface area contributed by atoms with Gasteiger partial charge in [0.1, 0.15) is 11.3 Å². The Hall–Kier alpha value is -2.47. The van der Waals surface area contributed by atoms with E-state index in [4.69, 9.17) is 22.1 Å². The zero-order valence-electron chi connectivity index (χ0n) is 18.7.